The summed E-state index contributed by atoms with van der Waals surface area (Å²) in [5, 5.41) is 10.5. The summed E-state index contributed by atoms with van der Waals surface area (Å²) in [5.74, 6) is -2.15. The molecule has 1 aromatic carbocycles. The van der Waals surface area contributed by atoms with Crippen molar-refractivity contribution in [1.82, 2.24) is 9.47 Å². The van der Waals surface area contributed by atoms with E-state index in [4.69, 9.17) is 16.3 Å². The van der Waals surface area contributed by atoms with E-state index >= 15 is 0 Å². The average molecular weight is 477 g/mol. The van der Waals surface area contributed by atoms with E-state index in [1.165, 1.54) is 22.9 Å². The topological polar surface area (TPSA) is 88.8 Å². The molecule has 0 unspecified atom stereocenters. The number of ether oxygens (including phenoxy) is 1. The Balaban J connectivity index is 1.63. The van der Waals surface area contributed by atoms with E-state index in [-0.39, 0.29) is 40.6 Å². The molecule has 7 nitrogen and oxygen atoms in total. The lowest BCUT2D eigenvalue weighted by Gasteiger charge is -2.39. The lowest BCUT2D eigenvalue weighted by molar-refractivity contribution is 0.0470. The number of amides is 1. The summed E-state index contributed by atoms with van der Waals surface area (Å²) in [4.78, 5) is 40.5. The number of pyridine rings is 1. The molecule has 9 heteroatoms. The lowest BCUT2D eigenvalue weighted by atomic mass is 10.0. The third-order valence-corrected chi connectivity index (χ3v) is 6.97. The maximum absolute atomic E-state index is 14.2. The molecule has 0 radical (unpaired) electrons. The minimum Gasteiger partial charge on any atom is -0.503 e. The molecule has 1 amide bonds. The lowest BCUT2D eigenvalue weighted by Crippen LogP contribution is -2.52. The molecule has 33 heavy (non-hydrogen) atoms. The van der Waals surface area contributed by atoms with Gasteiger partial charge in [0.05, 0.1) is 22.7 Å². The smallest absolute Gasteiger partial charge is 0.275 e. The highest BCUT2D eigenvalue weighted by atomic mass is 35.5. The Hall–Kier alpha value is -2.71. The van der Waals surface area contributed by atoms with Crippen LogP contribution in [0.4, 0.5) is 4.39 Å². The van der Waals surface area contributed by atoms with E-state index in [0.29, 0.717) is 26.3 Å². The van der Waals surface area contributed by atoms with Gasteiger partial charge in [-0.15, -0.1) is 0 Å². The summed E-state index contributed by atoms with van der Waals surface area (Å²) in [6.07, 6.45) is 2.02. The zero-order valence-corrected chi connectivity index (χ0v) is 19.3. The number of aryl methyl sites for hydroxylation is 1. The second kappa shape index (κ2) is 8.91. The Morgan fingerprint density at radius 2 is 2.09 bits per heavy atom. The number of hydrogen-bond acceptors (Lipinski definition) is 5. The summed E-state index contributed by atoms with van der Waals surface area (Å²) in [6, 6.07) is 4.53. The van der Waals surface area contributed by atoms with Gasteiger partial charge >= 0.3 is 0 Å². The molecule has 1 saturated carbocycles. The second-order valence-corrected chi connectivity index (χ2v) is 8.95. The molecule has 1 spiro atoms. The number of benzene rings is 1. The summed E-state index contributed by atoms with van der Waals surface area (Å²) in [7, 11) is 0. The van der Waals surface area contributed by atoms with Crippen LogP contribution in [-0.2, 0) is 17.7 Å². The SMILES string of the molecule is CCOC[C@H]1C[C@@]12Cn1cc(C(=O)CCc3cccc(Cl)c3F)c(=O)c(O)c1C(=O)N2CC. The van der Waals surface area contributed by atoms with Crippen molar-refractivity contribution >= 4 is 23.3 Å². The molecule has 2 heterocycles. The number of aromatic nitrogens is 1. The van der Waals surface area contributed by atoms with Gasteiger partial charge in [0.2, 0.25) is 5.43 Å². The van der Waals surface area contributed by atoms with Crippen LogP contribution in [0.15, 0.2) is 29.2 Å². The minimum atomic E-state index is -0.889. The maximum atomic E-state index is 14.2. The fourth-order valence-corrected chi connectivity index (χ4v) is 5.05. The highest BCUT2D eigenvalue weighted by Gasteiger charge is 2.62. The normalized spacial score (nSPS) is 21.4. The van der Waals surface area contributed by atoms with Gasteiger partial charge in [-0.2, -0.15) is 0 Å². The Morgan fingerprint density at radius 1 is 1.33 bits per heavy atom. The zero-order valence-electron chi connectivity index (χ0n) is 18.6. The zero-order chi connectivity index (χ0) is 23.9. The first-order valence-electron chi connectivity index (χ1n) is 11.1. The number of aromatic hydroxyl groups is 1. The Morgan fingerprint density at radius 3 is 2.79 bits per heavy atom. The fourth-order valence-electron chi connectivity index (χ4n) is 4.86. The van der Waals surface area contributed by atoms with Crippen LogP contribution in [0, 0.1) is 11.7 Å². The molecule has 4 rings (SSSR count). The minimum absolute atomic E-state index is 0.0400. The van der Waals surface area contributed by atoms with E-state index in [1.54, 1.807) is 11.0 Å². The number of Topliss-reactive ketones (excluding diaryl/α,β-unsaturated/α-hetero) is 1. The summed E-state index contributed by atoms with van der Waals surface area (Å²) in [6.45, 7) is 5.64. The molecule has 1 N–H and O–H groups in total. The predicted molar refractivity (Wildman–Crippen MR) is 120 cm³/mol. The van der Waals surface area contributed by atoms with Crippen molar-refractivity contribution in [2.24, 2.45) is 5.92 Å². The van der Waals surface area contributed by atoms with Crippen LogP contribution >= 0.6 is 11.6 Å². The molecular weight excluding hydrogens is 451 g/mol. The number of fused-ring (bicyclic) bond motifs is 1. The molecule has 0 saturated heterocycles. The van der Waals surface area contributed by atoms with E-state index in [0.717, 1.165) is 6.42 Å². The second-order valence-electron chi connectivity index (χ2n) is 8.55. The van der Waals surface area contributed by atoms with Gasteiger partial charge < -0.3 is 19.3 Å². The molecule has 1 fully saturated rings. The van der Waals surface area contributed by atoms with Gasteiger partial charge in [0.1, 0.15) is 5.82 Å². The highest BCUT2D eigenvalue weighted by molar-refractivity contribution is 6.30. The third-order valence-electron chi connectivity index (χ3n) is 6.68. The van der Waals surface area contributed by atoms with Gasteiger partial charge in [0, 0.05) is 38.2 Å². The van der Waals surface area contributed by atoms with Crippen LogP contribution in [0.1, 0.15) is 53.1 Å². The van der Waals surface area contributed by atoms with E-state index in [1.807, 2.05) is 13.8 Å². The number of halogens is 2. The van der Waals surface area contributed by atoms with Crippen molar-refractivity contribution in [1.29, 1.82) is 0 Å². The number of nitrogens with zero attached hydrogens (tertiary/aromatic N) is 2. The van der Waals surface area contributed by atoms with Gasteiger partial charge in [-0.05, 0) is 38.3 Å². The Labute approximate surface area is 195 Å². The summed E-state index contributed by atoms with van der Waals surface area (Å²) < 4.78 is 21.2. The van der Waals surface area contributed by atoms with Crippen LogP contribution in [0.25, 0.3) is 0 Å². The molecule has 2 aliphatic rings. The third kappa shape index (κ3) is 3.95. The van der Waals surface area contributed by atoms with Crippen molar-refractivity contribution in [2.45, 2.75) is 45.2 Å². The van der Waals surface area contributed by atoms with E-state index in [2.05, 4.69) is 0 Å². The van der Waals surface area contributed by atoms with Crippen LogP contribution in [-0.4, -0.2) is 51.6 Å². The van der Waals surface area contributed by atoms with Crippen molar-refractivity contribution in [2.75, 3.05) is 19.8 Å². The summed E-state index contributed by atoms with van der Waals surface area (Å²) in [5.41, 5.74) is -1.40. The number of rotatable bonds is 8. The van der Waals surface area contributed by atoms with Crippen molar-refractivity contribution in [3.8, 4) is 5.75 Å². The molecule has 1 aliphatic carbocycles. The number of carbonyl (C=O) groups is 2. The molecule has 0 bridgehead atoms. The average Bonchev–Trinajstić information content (AvgIpc) is 3.47. The highest BCUT2D eigenvalue weighted by Crippen LogP contribution is 2.52. The van der Waals surface area contributed by atoms with Crippen LogP contribution in [0.5, 0.6) is 5.75 Å². The van der Waals surface area contributed by atoms with Gasteiger partial charge in [-0.25, -0.2) is 4.39 Å². The van der Waals surface area contributed by atoms with Crippen LogP contribution in [0.2, 0.25) is 5.02 Å². The maximum Gasteiger partial charge on any atom is 0.275 e. The molecular formula is C24H26ClFN2O5. The van der Waals surface area contributed by atoms with E-state index in [9.17, 15) is 23.9 Å². The molecule has 1 aliphatic heterocycles. The number of carbonyl (C=O) groups excluding carboxylic acids is 2. The Bertz CT molecular complexity index is 1180. The number of ketones is 1. The Kier molecular flexibility index (Phi) is 6.33. The standard InChI is InChI=1S/C24H26ClFN2O5/c1-3-28-23(32)20-22(31)21(30)16(11-27(20)13-24(28)10-15(24)12-33-4-2)18(29)9-8-14-6-5-7-17(25)19(14)26/h5-7,11,15,31H,3-4,8-10,12-13H2,1-2H3/t15-,24-/m1/s1. The molecule has 1 aromatic heterocycles. The quantitative estimate of drug-likeness (QED) is 0.590. The first kappa shape index (κ1) is 23.4. The van der Waals surface area contributed by atoms with Gasteiger partial charge in [-0.3, -0.25) is 14.4 Å². The number of likely N-dealkylation sites (N-methyl/N-ethyl adjacent to an activating group) is 1. The molecule has 2 aromatic rings. The van der Waals surface area contributed by atoms with Crippen molar-refractivity contribution in [3.05, 3.63) is 62.3 Å². The van der Waals surface area contributed by atoms with E-state index < -0.39 is 34.2 Å². The largest absolute Gasteiger partial charge is 0.503 e. The number of hydrogen-bond donors (Lipinski definition) is 1. The fraction of sp³-hybridized carbons (Fsp3) is 0.458. The molecule has 176 valence electrons. The first-order valence-corrected chi connectivity index (χ1v) is 11.4. The summed E-state index contributed by atoms with van der Waals surface area (Å²) >= 11 is 5.79. The first-order chi connectivity index (χ1) is 15.7. The molecule has 2 atom stereocenters. The van der Waals surface area contributed by atoms with Crippen molar-refractivity contribution < 1.29 is 23.8 Å². The van der Waals surface area contributed by atoms with Gasteiger partial charge in [-0.1, -0.05) is 23.7 Å². The predicted octanol–water partition coefficient (Wildman–Crippen LogP) is 3.43. The van der Waals surface area contributed by atoms with Crippen LogP contribution < -0.4 is 5.43 Å². The van der Waals surface area contributed by atoms with Gasteiger partial charge in [0.15, 0.2) is 17.2 Å². The monoisotopic (exact) mass is 476 g/mol. The van der Waals surface area contributed by atoms with Crippen LogP contribution in [0.3, 0.4) is 0 Å². The van der Waals surface area contributed by atoms with Crippen molar-refractivity contribution in [3.63, 3.8) is 0 Å². The van der Waals surface area contributed by atoms with Gasteiger partial charge in [0.25, 0.3) is 5.91 Å².